The van der Waals surface area contributed by atoms with Crippen LogP contribution in [0, 0.1) is 0 Å². The number of hydrogen-bond donors (Lipinski definition) is 1. The lowest BCUT2D eigenvalue weighted by Gasteiger charge is -2.22. The summed E-state index contributed by atoms with van der Waals surface area (Å²) in [6.07, 6.45) is 1.12. The van der Waals surface area contributed by atoms with E-state index in [1.54, 1.807) is 0 Å². The van der Waals surface area contributed by atoms with Crippen LogP contribution >= 0.6 is 0 Å². The summed E-state index contributed by atoms with van der Waals surface area (Å²) < 4.78 is 5.49. The maximum absolute atomic E-state index is 5.49. The smallest absolute Gasteiger partial charge is 0.0641 e. The minimum Gasteiger partial charge on any atom is -0.380 e. The Balaban J connectivity index is 2.01. The van der Waals surface area contributed by atoms with Gasteiger partial charge in [-0.05, 0) is 37.6 Å². The first-order valence-corrected chi connectivity index (χ1v) is 6.97. The van der Waals surface area contributed by atoms with Gasteiger partial charge >= 0.3 is 0 Å². The zero-order chi connectivity index (χ0) is 12.8. The number of nitrogens with zero attached hydrogens (tertiary/aromatic N) is 1. The van der Waals surface area contributed by atoms with Crippen molar-refractivity contribution < 1.29 is 4.74 Å². The molecule has 0 radical (unpaired) electrons. The van der Waals surface area contributed by atoms with Gasteiger partial charge in [0.1, 0.15) is 0 Å². The molecule has 100 valence electrons. The Morgan fingerprint density at radius 2 is 2.00 bits per heavy atom. The van der Waals surface area contributed by atoms with E-state index in [4.69, 9.17) is 4.74 Å². The summed E-state index contributed by atoms with van der Waals surface area (Å²) in [6, 6.07) is 9.35. The van der Waals surface area contributed by atoms with Gasteiger partial charge in [0.15, 0.2) is 0 Å². The zero-order valence-electron chi connectivity index (χ0n) is 11.5. The molecule has 3 nitrogen and oxygen atoms in total. The third-order valence-electron chi connectivity index (χ3n) is 3.49. The number of benzene rings is 1. The second kappa shape index (κ2) is 6.76. The first-order chi connectivity index (χ1) is 8.81. The fraction of sp³-hybridized carbons (Fsp3) is 0.600. The molecule has 1 saturated heterocycles. The molecule has 1 heterocycles. The average molecular weight is 248 g/mol. The molecule has 1 aliphatic heterocycles. The number of nitrogens with one attached hydrogen (secondary N) is 1. The van der Waals surface area contributed by atoms with Gasteiger partial charge in [0.05, 0.1) is 6.61 Å². The van der Waals surface area contributed by atoms with E-state index in [-0.39, 0.29) is 0 Å². The molecule has 1 atom stereocenters. The zero-order valence-corrected chi connectivity index (χ0v) is 11.5. The molecule has 1 fully saturated rings. The van der Waals surface area contributed by atoms with E-state index in [1.165, 1.54) is 11.3 Å². The SMILES string of the molecule is CCNC(C)c1ccc(N2CCCOCC2)cc1. The maximum Gasteiger partial charge on any atom is 0.0641 e. The highest BCUT2D eigenvalue weighted by molar-refractivity contribution is 5.48. The summed E-state index contributed by atoms with van der Waals surface area (Å²) >= 11 is 0. The van der Waals surface area contributed by atoms with E-state index in [0.29, 0.717) is 6.04 Å². The molecule has 0 saturated carbocycles. The van der Waals surface area contributed by atoms with E-state index < -0.39 is 0 Å². The van der Waals surface area contributed by atoms with Crippen molar-refractivity contribution in [3.8, 4) is 0 Å². The molecule has 0 aliphatic carbocycles. The van der Waals surface area contributed by atoms with Crippen LogP contribution in [0.3, 0.4) is 0 Å². The maximum atomic E-state index is 5.49. The average Bonchev–Trinajstić information content (AvgIpc) is 2.68. The van der Waals surface area contributed by atoms with Gasteiger partial charge in [-0.25, -0.2) is 0 Å². The predicted octanol–water partition coefficient (Wildman–Crippen LogP) is 2.58. The van der Waals surface area contributed by atoms with Crippen LogP contribution in [0.15, 0.2) is 24.3 Å². The molecule has 0 spiro atoms. The third-order valence-corrected chi connectivity index (χ3v) is 3.49. The highest BCUT2D eigenvalue weighted by atomic mass is 16.5. The van der Waals surface area contributed by atoms with Gasteiger partial charge in [-0.2, -0.15) is 0 Å². The van der Waals surface area contributed by atoms with E-state index in [2.05, 4.69) is 48.3 Å². The molecule has 1 aromatic carbocycles. The van der Waals surface area contributed by atoms with Crippen LogP contribution in [0.5, 0.6) is 0 Å². The second-order valence-corrected chi connectivity index (χ2v) is 4.82. The molecule has 3 heteroatoms. The van der Waals surface area contributed by atoms with Gasteiger partial charge < -0.3 is 15.0 Å². The van der Waals surface area contributed by atoms with Gasteiger partial charge in [0.2, 0.25) is 0 Å². The normalized spacial score (nSPS) is 18.4. The quantitative estimate of drug-likeness (QED) is 0.886. The van der Waals surface area contributed by atoms with Crippen LogP contribution in [0.4, 0.5) is 5.69 Å². The predicted molar refractivity (Wildman–Crippen MR) is 76.2 cm³/mol. The fourth-order valence-electron chi connectivity index (χ4n) is 2.40. The van der Waals surface area contributed by atoms with Crippen LogP contribution < -0.4 is 10.2 Å². The summed E-state index contributed by atoms with van der Waals surface area (Å²) in [5.41, 5.74) is 2.67. The molecule has 1 N–H and O–H groups in total. The van der Waals surface area contributed by atoms with Gasteiger partial charge in [0.25, 0.3) is 0 Å². The molecular weight excluding hydrogens is 224 g/mol. The van der Waals surface area contributed by atoms with E-state index in [1.807, 2.05) is 0 Å². The van der Waals surface area contributed by atoms with Gasteiger partial charge in [-0.15, -0.1) is 0 Å². The van der Waals surface area contributed by atoms with Crippen LogP contribution in [0.2, 0.25) is 0 Å². The first-order valence-electron chi connectivity index (χ1n) is 6.97. The van der Waals surface area contributed by atoms with Crippen molar-refractivity contribution in [2.45, 2.75) is 26.3 Å². The highest BCUT2D eigenvalue weighted by Gasteiger charge is 2.10. The van der Waals surface area contributed by atoms with Crippen LogP contribution in [-0.2, 0) is 4.74 Å². The molecule has 1 aliphatic rings. The topological polar surface area (TPSA) is 24.5 Å². The summed E-state index contributed by atoms with van der Waals surface area (Å²) in [7, 11) is 0. The van der Waals surface area contributed by atoms with Crippen molar-refractivity contribution in [2.24, 2.45) is 0 Å². The standard InChI is InChI=1S/C15H24N2O/c1-3-16-13(2)14-5-7-15(8-6-14)17-9-4-11-18-12-10-17/h5-8,13,16H,3-4,9-12H2,1-2H3. The Morgan fingerprint density at radius 3 is 2.72 bits per heavy atom. The summed E-state index contributed by atoms with van der Waals surface area (Å²) in [6.45, 7) is 9.19. The molecule has 1 unspecified atom stereocenters. The summed E-state index contributed by atoms with van der Waals surface area (Å²) in [5, 5.41) is 3.44. The first kappa shape index (κ1) is 13.4. The molecule has 0 bridgehead atoms. The Bertz CT molecular complexity index is 342. The fourth-order valence-corrected chi connectivity index (χ4v) is 2.40. The number of rotatable bonds is 4. The summed E-state index contributed by atoms with van der Waals surface area (Å²) in [5.74, 6) is 0. The monoisotopic (exact) mass is 248 g/mol. The van der Waals surface area contributed by atoms with Crippen LogP contribution in [-0.4, -0.2) is 32.8 Å². The van der Waals surface area contributed by atoms with Crippen molar-refractivity contribution in [3.63, 3.8) is 0 Å². The minimum atomic E-state index is 0.427. The van der Waals surface area contributed by atoms with Gasteiger partial charge in [0, 0.05) is 31.4 Å². The lowest BCUT2D eigenvalue weighted by Crippen LogP contribution is -2.25. The molecule has 0 aromatic heterocycles. The van der Waals surface area contributed by atoms with E-state index in [9.17, 15) is 0 Å². The molecular formula is C15H24N2O. The van der Waals surface area contributed by atoms with Crippen molar-refractivity contribution in [3.05, 3.63) is 29.8 Å². The van der Waals surface area contributed by atoms with Gasteiger partial charge in [-0.3, -0.25) is 0 Å². The minimum absolute atomic E-state index is 0.427. The van der Waals surface area contributed by atoms with Crippen LogP contribution in [0.1, 0.15) is 31.9 Å². The Kier molecular flexibility index (Phi) is 5.02. The van der Waals surface area contributed by atoms with E-state index >= 15 is 0 Å². The number of anilines is 1. The molecule has 1 aromatic rings. The van der Waals surface area contributed by atoms with Crippen molar-refractivity contribution >= 4 is 5.69 Å². The summed E-state index contributed by atoms with van der Waals surface area (Å²) in [4.78, 5) is 2.41. The van der Waals surface area contributed by atoms with Crippen molar-refractivity contribution in [1.82, 2.24) is 5.32 Å². The Morgan fingerprint density at radius 1 is 1.22 bits per heavy atom. The van der Waals surface area contributed by atoms with Crippen molar-refractivity contribution in [2.75, 3.05) is 37.7 Å². The molecule has 18 heavy (non-hydrogen) atoms. The highest BCUT2D eigenvalue weighted by Crippen LogP contribution is 2.20. The van der Waals surface area contributed by atoms with Crippen molar-refractivity contribution in [1.29, 1.82) is 0 Å². The van der Waals surface area contributed by atoms with Crippen LogP contribution in [0.25, 0.3) is 0 Å². The molecule has 2 rings (SSSR count). The lowest BCUT2D eigenvalue weighted by molar-refractivity contribution is 0.152. The number of hydrogen-bond acceptors (Lipinski definition) is 3. The lowest BCUT2D eigenvalue weighted by atomic mass is 10.1. The molecule has 0 amide bonds. The third kappa shape index (κ3) is 3.47. The van der Waals surface area contributed by atoms with Gasteiger partial charge in [-0.1, -0.05) is 19.1 Å². The van der Waals surface area contributed by atoms with E-state index in [0.717, 1.165) is 39.3 Å². The second-order valence-electron chi connectivity index (χ2n) is 4.82. The largest absolute Gasteiger partial charge is 0.380 e. The Hall–Kier alpha value is -1.06. The Labute approximate surface area is 110 Å². The number of ether oxygens (including phenoxy) is 1.